The summed E-state index contributed by atoms with van der Waals surface area (Å²) in [6.45, 7) is 1.27. The minimum absolute atomic E-state index is 0.333. The van der Waals surface area contributed by atoms with E-state index in [1.165, 1.54) is 13.2 Å². The number of hydrogen-bond acceptors (Lipinski definition) is 5. The average Bonchev–Trinajstić information content (AvgIpc) is 2.59. The molecule has 0 saturated carbocycles. The van der Waals surface area contributed by atoms with E-state index in [1.807, 2.05) is 6.08 Å². The van der Waals surface area contributed by atoms with Gasteiger partial charge in [0.25, 0.3) is 0 Å². The molecule has 0 aliphatic carbocycles. The third kappa shape index (κ3) is 4.74. The van der Waals surface area contributed by atoms with Crippen LogP contribution < -0.4 is 4.74 Å². The highest BCUT2D eigenvalue weighted by molar-refractivity contribution is 5.89. The third-order valence-electron chi connectivity index (χ3n) is 3.74. The van der Waals surface area contributed by atoms with Crippen molar-refractivity contribution >= 4 is 12.1 Å². The first-order valence-corrected chi connectivity index (χ1v) is 7.48. The Labute approximate surface area is 135 Å². The molecule has 1 aromatic carbocycles. The summed E-state index contributed by atoms with van der Waals surface area (Å²) in [7, 11) is 2.93. The van der Waals surface area contributed by atoms with Gasteiger partial charge in [-0.25, -0.2) is 9.59 Å². The zero-order valence-corrected chi connectivity index (χ0v) is 13.4. The number of carbonyl (C=O) groups is 2. The average molecular weight is 319 g/mol. The summed E-state index contributed by atoms with van der Waals surface area (Å²) in [5.41, 5.74) is 0.348. The lowest BCUT2D eigenvalue weighted by atomic mass is 9.97. The van der Waals surface area contributed by atoms with E-state index in [4.69, 9.17) is 9.47 Å². The fourth-order valence-corrected chi connectivity index (χ4v) is 2.43. The number of hydrogen-bond donors (Lipinski definition) is 0. The van der Waals surface area contributed by atoms with E-state index in [2.05, 4.69) is 4.74 Å². The third-order valence-corrected chi connectivity index (χ3v) is 3.74. The van der Waals surface area contributed by atoms with Crippen molar-refractivity contribution in [2.75, 3.05) is 27.3 Å². The van der Waals surface area contributed by atoms with Gasteiger partial charge in [-0.2, -0.15) is 0 Å². The maximum atomic E-state index is 12.2. The zero-order valence-electron chi connectivity index (χ0n) is 13.4. The molecule has 0 unspecified atom stereocenters. The molecule has 0 atom stereocenters. The fraction of sp³-hybridized carbons (Fsp3) is 0.412. The van der Waals surface area contributed by atoms with Crippen molar-refractivity contribution in [2.45, 2.75) is 12.8 Å². The topological polar surface area (TPSA) is 65.1 Å². The van der Waals surface area contributed by atoms with Crippen molar-refractivity contribution in [3.8, 4) is 5.75 Å². The van der Waals surface area contributed by atoms with Crippen LogP contribution in [0, 0.1) is 5.92 Å². The predicted molar refractivity (Wildman–Crippen MR) is 84.3 cm³/mol. The maximum Gasteiger partial charge on any atom is 0.415 e. The number of benzene rings is 1. The standard InChI is InChI=1S/C17H21NO5/c1-21-11-8-13-6-9-18(10-7-13)17(20)23-15-5-3-4-14(12-15)16(19)22-2/h3-5,8,11-13H,6-7,9-10H2,1-2H3. The van der Waals surface area contributed by atoms with Gasteiger partial charge in [-0.1, -0.05) is 6.07 Å². The molecule has 0 bridgehead atoms. The number of nitrogens with zero attached hydrogens (tertiary/aromatic N) is 1. The minimum atomic E-state index is -0.464. The molecule has 1 saturated heterocycles. The molecule has 124 valence electrons. The van der Waals surface area contributed by atoms with Crippen LogP contribution in [0.15, 0.2) is 36.6 Å². The molecule has 1 amide bonds. The van der Waals surface area contributed by atoms with Crippen LogP contribution in [0.25, 0.3) is 0 Å². The molecule has 0 N–H and O–H groups in total. The largest absolute Gasteiger partial charge is 0.505 e. The molecule has 1 heterocycles. The second kappa shape index (κ2) is 8.22. The first-order valence-electron chi connectivity index (χ1n) is 7.48. The summed E-state index contributed by atoms with van der Waals surface area (Å²) >= 11 is 0. The molecule has 6 heteroatoms. The van der Waals surface area contributed by atoms with Crippen LogP contribution in [0.5, 0.6) is 5.75 Å². The van der Waals surface area contributed by atoms with Gasteiger partial charge >= 0.3 is 12.1 Å². The summed E-state index contributed by atoms with van der Waals surface area (Å²) in [5, 5.41) is 0. The van der Waals surface area contributed by atoms with Gasteiger partial charge in [0, 0.05) is 13.1 Å². The molecular weight excluding hydrogens is 298 g/mol. The quantitative estimate of drug-likeness (QED) is 0.631. The number of methoxy groups -OCH3 is 2. The number of amides is 1. The summed E-state index contributed by atoms with van der Waals surface area (Å²) in [4.78, 5) is 25.3. The Morgan fingerprint density at radius 3 is 2.61 bits per heavy atom. The number of carbonyl (C=O) groups excluding carboxylic acids is 2. The van der Waals surface area contributed by atoms with E-state index in [0.717, 1.165) is 12.8 Å². The molecule has 1 aliphatic rings. The molecule has 1 aliphatic heterocycles. The molecule has 1 fully saturated rings. The van der Waals surface area contributed by atoms with Gasteiger partial charge in [0.1, 0.15) is 5.75 Å². The number of rotatable bonds is 4. The van der Waals surface area contributed by atoms with Crippen molar-refractivity contribution in [2.24, 2.45) is 5.92 Å². The van der Waals surface area contributed by atoms with Crippen molar-refractivity contribution in [1.29, 1.82) is 0 Å². The van der Waals surface area contributed by atoms with Gasteiger partial charge in [-0.3, -0.25) is 0 Å². The lowest BCUT2D eigenvalue weighted by molar-refractivity contribution is 0.0600. The Morgan fingerprint density at radius 1 is 1.22 bits per heavy atom. The Morgan fingerprint density at radius 2 is 1.96 bits per heavy atom. The van der Waals surface area contributed by atoms with Crippen LogP contribution in [0.3, 0.4) is 0 Å². The van der Waals surface area contributed by atoms with Gasteiger partial charge in [0.2, 0.25) is 0 Å². The Kier molecular flexibility index (Phi) is 6.02. The van der Waals surface area contributed by atoms with Crippen LogP contribution in [0.2, 0.25) is 0 Å². The highest BCUT2D eigenvalue weighted by Gasteiger charge is 2.23. The predicted octanol–water partition coefficient (Wildman–Crippen LogP) is 2.84. The van der Waals surface area contributed by atoms with Gasteiger partial charge in [-0.05, 0) is 43.0 Å². The second-order valence-electron chi connectivity index (χ2n) is 5.28. The van der Waals surface area contributed by atoms with Crippen molar-refractivity contribution < 1.29 is 23.8 Å². The van der Waals surface area contributed by atoms with Gasteiger partial charge in [0.15, 0.2) is 0 Å². The zero-order chi connectivity index (χ0) is 16.7. The van der Waals surface area contributed by atoms with Crippen LogP contribution >= 0.6 is 0 Å². The van der Waals surface area contributed by atoms with Crippen LogP contribution in [-0.2, 0) is 9.47 Å². The number of likely N-dealkylation sites (tertiary alicyclic amines) is 1. The van der Waals surface area contributed by atoms with Gasteiger partial charge < -0.3 is 19.1 Å². The number of allylic oxidation sites excluding steroid dienone is 1. The van der Waals surface area contributed by atoms with E-state index in [9.17, 15) is 9.59 Å². The molecule has 2 rings (SSSR count). The van der Waals surface area contributed by atoms with E-state index in [0.29, 0.717) is 30.3 Å². The lowest BCUT2D eigenvalue weighted by Gasteiger charge is -2.29. The van der Waals surface area contributed by atoms with Crippen molar-refractivity contribution in [3.63, 3.8) is 0 Å². The number of piperidine rings is 1. The lowest BCUT2D eigenvalue weighted by Crippen LogP contribution is -2.39. The van der Waals surface area contributed by atoms with Gasteiger partial charge in [-0.15, -0.1) is 0 Å². The molecule has 1 aromatic rings. The first kappa shape index (κ1) is 16.9. The highest BCUT2D eigenvalue weighted by atomic mass is 16.6. The normalized spacial score (nSPS) is 15.5. The summed E-state index contributed by atoms with van der Waals surface area (Å²) < 4.78 is 14.9. The minimum Gasteiger partial charge on any atom is -0.505 e. The summed E-state index contributed by atoms with van der Waals surface area (Å²) in [5.74, 6) is 0.287. The van der Waals surface area contributed by atoms with E-state index >= 15 is 0 Å². The fourth-order valence-electron chi connectivity index (χ4n) is 2.43. The van der Waals surface area contributed by atoms with E-state index in [-0.39, 0.29) is 0 Å². The summed E-state index contributed by atoms with van der Waals surface area (Å²) in [6.07, 6.45) is 5.04. The summed E-state index contributed by atoms with van der Waals surface area (Å²) in [6, 6.07) is 6.39. The smallest absolute Gasteiger partial charge is 0.415 e. The van der Waals surface area contributed by atoms with Crippen LogP contribution in [-0.4, -0.2) is 44.3 Å². The van der Waals surface area contributed by atoms with Gasteiger partial charge in [0.05, 0.1) is 26.0 Å². The Hall–Kier alpha value is -2.50. The maximum absolute atomic E-state index is 12.2. The van der Waals surface area contributed by atoms with E-state index in [1.54, 1.807) is 36.5 Å². The van der Waals surface area contributed by atoms with Crippen LogP contribution in [0.1, 0.15) is 23.2 Å². The van der Waals surface area contributed by atoms with E-state index < -0.39 is 12.1 Å². The molecule has 0 radical (unpaired) electrons. The molecule has 0 spiro atoms. The molecular formula is C17H21NO5. The molecule has 6 nitrogen and oxygen atoms in total. The first-order chi connectivity index (χ1) is 11.1. The SMILES string of the molecule is COC=CC1CCN(C(=O)Oc2cccc(C(=O)OC)c2)CC1. The van der Waals surface area contributed by atoms with Crippen molar-refractivity contribution in [3.05, 3.63) is 42.2 Å². The monoisotopic (exact) mass is 319 g/mol. The molecule has 23 heavy (non-hydrogen) atoms. The number of ether oxygens (including phenoxy) is 3. The second-order valence-corrected chi connectivity index (χ2v) is 5.28. The number of esters is 1. The van der Waals surface area contributed by atoms with Crippen LogP contribution in [0.4, 0.5) is 4.79 Å². The Bertz CT molecular complexity index is 576. The van der Waals surface area contributed by atoms with Crippen molar-refractivity contribution in [1.82, 2.24) is 4.90 Å². The molecule has 0 aromatic heterocycles. The Balaban J connectivity index is 1.90. The highest BCUT2D eigenvalue weighted by Crippen LogP contribution is 2.20.